The van der Waals surface area contributed by atoms with Crippen molar-refractivity contribution in [1.29, 1.82) is 0 Å². The number of hydrogen-bond donors (Lipinski definition) is 1. The van der Waals surface area contributed by atoms with E-state index in [2.05, 4.69) is 0 Å². The Bertz CT molecular complexity index is 347. The molecule has 1 fully saturated rings. The lowest BCUT2D eigenvalue weighted by Crippen LogP contribution is -2.14. The normalized spacial score (nSPS) is 18.2. The van der Waals surface area contributed by atoms with Crippen LogP contribution in [0.15, 0.2) is 24.3 Å². The highest BCUT2D eigenvalue weighted by atomic mass is 16.7. The van der Waals surface area contributed by atoms with Gasteiger partial charge in [0.15, 0.2) is 6.29 Å². The number of hydrogen-bond acceptors (Lipinski definition) is 4. The van der Waals surface area contributed by atoms with Crippen molar-refractivity contribution in [3.8, 4) is 5.75 Å². The molecule has 1 atom stereocenters. The second-order valence-corrected chi connectivity index (χ2v) is 3.89. The van der Waals surface area contributed by atoms with E-state index in [1.807, 2.05) is 31.2 Å². The third kappa shape index (κ3) is 3.19. The molecule has 4 heteroatoms. The molecule has 0 aliphatic carbocycles. The van der Waals surface area contributed by atoms with Crippen LogP contribution in [0.25, 0.3) is 0 Å². The van der Waals surface area contributed by atoms with Crippen LogP contribution in [0.3, 0.4) is 0 Å². The van der Waals surface area contributed by atoms with Crippen LogP contribution in [0.4, 0.5) is 0 Å². The molecule has 17 heavy (non-hydrogen) atoms. The minimum absolute atomic E-state index is 0.306. The molecule has 0 amide bonds. The number of aliphatic hydroxyl groups is 1. The fourth-order valence-corrected chi connectivity index (χ4v) is 1.90. The van der Waals surface area contributed by atoms with Gasteiger partial charge in [-0.1, -0.05) is 18.2 Å². The number of benzene rings is 1. The summed E-state index contributed by atoms with van der Waals surface area (Å²) in [6, 6.07) is 7.50. The SMILES string of the molecule is CCOc1ccccc1C(O)CC1OCCO1. The molecular weight excluding hydrogens is 220 g/mol. The Morgan fingerprint density at radius 2 is 2.06 bits per heavy atom. The quantitative estimate of drug-likeness (QED) is 0.851. The van der Waals surface area contributed by atoms with Gasteiger partial charge in [-0.15, -0.1) is 0 Å². The highest BCUT2D eigenvalue weighted by Gasteiger charge is 2.22. The Balaban J connectivity index is 2.03. The molecule has 1 aliphatic rings. The van der Waals surface area contributed by atoms with Crippen LogP contribution in [-0.2, 0) is 9.47 Å². The van der Waals surface area contributed by atoms with E-state index in [0.29, 0.717) is 26.2 Å². The van der Waals surface area contributed by atoms with E-state index < -0.39 is 6.10 Å². The summed E-state index contributed by atoms with van der Waals surface area (Å²) in [5.74, 6) is 0.723. The maximum absolute atomic E-state index is 10.1. The Morgan fingerprint density at radius 3 is 2.76 bits per heavy atom. The van der Waals surface area contributed by atoms with Crippen molar-refractivity contribution in [2.24, 2.45) is 0 Å². The van der Waals surface area contributed by atoms with Gasteiger partial charge in [-0.2, -0.15) is 0 Å². The summed E-state index contributed by atoms with van der Waals surface area (Å²) < 4.78 is 16.1. The van der Waals surface area contributed by atoms with E-state index in [-0.39, 0.29) is 6.29 Å². The summed E-state index contributed by atoms with van der Waals surface area (Å²) in [5.41, 5.74) is 0.786. The number of para-hydroxylation sites is 1. The second-order valence-electron chi connectivity index (χ2n) is 3.89. The summed E-state index contributed by atoms with van der Waals surface area (Å²) in [4.78, 5) is 0. The fraction of sp³-hybridized carbons (Fsp3) is 0.538. The van der Waals surface area contributed by atoms with E-state index in [1.54, 1.807) is 0 Å². The van der Waals surface area contributed by atoms with Crippen molar-refractivity contribution in [3.05, 3.63) is 29.8 Å². The highest BCUT2D eigenvalue weighted by Crippen LogP contribution is 2.29. The Hall–Kier alpha value is -1.10. The first-order valence-corrected chi connectivity index (χ1v) is 5.94. The van der Waals surface area contributed by atoms with Gasteiger partial charge < -0.3 is 19.3 Å². The van der Waals surface area contributed by atoms with Crippen molar-refractivity contribution in [2.75, 3.05) is 19.8 Å². The molecule has 1 saturated heterocycles. The molecule has 94 valence electrons. The lowest BCUT2D eigenvalue weighted by atomic mass is 10.1. The molecule has 0 bridgehead atoms. The molecule has 0 saturated carbocycles. The van der Waals surface area contributed by atoms with Crippen LogP contribution in [0, 0.1) is 0 Å². The van der Waals surface area contributed by atoms with Crippen LogP contribution in [-0.4, -0.2) is 31.2 Å². The summed E-state index contributed by atoms with van der Waals surface area (Å²) in [5, 5.41) is 10.1. The Morgan fingerprint density at radius 1 is 1.35 bits per heavy atom. The average Bonchev–Trinajstić information content (AvgIpc) is 2.83. The van der Waals surface area contributed by atoms with Gasteiger partial charge in [0.1, 0.15) is 5.75 Å². The molecule has 1 aromatic carbocycles. The predicted octanol–water partition coefficient (Wildman–Crippen LogP) is 1.88. The third-order valence-corrected chi connectivity index (χ3v) is 2.68. The summed E-state index contributed by atoms with van der Waals surface area (Å²) in [6.45, 7) is 3.71. The zero-order valence-electron chi connectivity index (χ0n) is 9.96. The van der Waals surface area contributed by atoms with Crippen LogP contribution < -0.4 is 4.74 Å². The predicted molar refractivity (Wildman–Crippen MR) is 62.9 cm³/mol. The number of aliphatic hydroxyl groups excluding tert-OH is 1. The first kappa shape index (κ1) is 12.4. The molecule has 1 heterocycles. The van der Waals surface area contributed by atoms with Gasteiger partial charge in [0, 0.05) is 12.0 Å². The van der Waals surface area contributed by atoms with Gasteiger partial charge in [-0.05, 0) is 13.0 Å². The van der Waals surface area contributed by atoms with Crippen LogP contribution in [0.1, 0.15) is 25.0 Å². The summed E-state index contributed by atoms with van der Waals surface area (Å²) in [7, 11) is 0. The number of ether oxygens (including phenoxy) is 3. The first-order chi connectivity index (χ1) is 8.31. The largest absolute Gasteiger partial charge is 0.493 e. The van der Waals surface area contributed by atoms with Crippen LogP contribution in [0.2, 0.25) is 0 Å². The fourth-order valence-electron chi connectivity index (χ4n) is 1.90. The monoisotopic (exact) mass is 238 g/mol. The molecule has 0 radical (unpaired) electrons. The number of rotatable bonds is 5. The van der Waals surface area contributed by atoms with Crippen molar-refractivity contribution < 1.29 is 19.3 Å². The van der Waals surface area contributed by atoms with Crippen molar-refractivity contribution >= 4 is 0 Å². The van der Waals surface area contributed by atoms with Crippen molar-refractivity contribution in [3.63, 3.8) is 0 Å². The molecule has 2 rings (SSSR count). The highest BCUT2D eigenvalue weighted by molar-refractivity contribution is 5.35. The zero-order valence-corrected chi connectivity index (χ0v) is 9.96. The molecule has 4 nitrogen and oxygen atoms in total. The van der Waals surface area contributed by atoms with Crippen LogP contribution in [0.5, 0.6) is 5.75 Å². The lowest BCUT2D eigenvalue weighted by Gasteiger charge is -2.18. The van der Waals surface area contributed by atoms with Gasteiger partial charge >= 0.3 is 0 Å². The molecule has 0 aromatic heterocycles. The van der Waals surface area contributed by atoms with E-state index in [0.717, 1.165) is 11.3 Å². The minimum atomic E-state index is -0.624. The second kappa shape index (κ2) is 6.00. The summed E-state index contributed by atoms with van der Waals surface area (Å²) >= 11 is 0. The Kier molecular flexibility index (Phi) is 4.36. The van der Waals surface area contributed by atoms with Gasteiger partial charge in [0.2, 0.25) is 0 Å². The van der Waals surface area contributed by atoms with Gasteiger partial charge in [0.05, 0.1) is 25.9 Å². The lowest BCUT2D eigenvalue weighted by molar-refractivity contribution is -0.0710. The summed E-state index contributed by atoms with van der Waals surface area (Å²) in [6.07, 6.45) is -0.495. The van der Waals surface area contributed by atoms with E-state index in [9.17, 15) is 5.11 Å². The molecule has 0 spiro atoms. The standard InChI is InChI=1S/C13H18O4/c1-2-15-12-6-4-3-5-10(12)11(14)9-13-16-7-8-17-13/h3-6,11,13-14H,2,7-9H2,1H3. The maximum Gasteiger partial charge on any atom is 0.160 e. The van der Waals surface area contributed by atoms with Gasteiger partial charge in [-0.25, -0.2) is 0 Å². The smallest absolute Gasteiger partial charge is 0.160 e. The van der Waals surface area contributed by atoms with E-state index in [1.165, 1.54) is 0 Å². The van der Waals surface area contributed by atoms with Gasteiger partial charge in [0.25, 0.3) is 0 Å². The Labute approximate surface area is 101 Å². The molecule has 1 N–H and O–H groups in total. The van der Waals surface area contributed by atoms with E-state index >= 15 is 0 Å². The average molecular weight is 238 g/mol. The topological polar surface area (TPSA) is 47.9 Å². The minimum Gasteiger partial charge on any atom is -0.493 e. The zero-order chi connectivity index (χ0) is 12.1. The molecule has 1 aliphatic heterocycles. The third-order valence-electron chi connectivity index (χ3n) is 2.68. The van der Waals surface area contributed by atoms with E-state index in [4.69, 9.17) is 14.2 Å². The maximum atomic E-state index is 10.1. The molecular formula is C13H18O4. The van der Waals surface area contributed by atoms with Gasteiger partial charge in [-0.3, -0.25) is 0 Å². The molecule has 1 unspecified atom stereocenters. The molecule has 1 aromatic rings. The van der Waals surface area contributed by atoms with Crippen LogP contribution >= 0.6 is 0 Å². The first-order valence-electron chi connectivity index (χ1n) is 5.94. The van der Waals surface area contributed by atoms with Crippen molar-refractivity contribution in [2.45, 2.75) is 25.7 Å². The van der Waals surface area contributed by atoms with Crippen molar-refractivity contribution in [1.82, 2.24) is 0 Å².